The van der Waals surface area contributed by atoms with Crippen LogP contribution in [0.2, 0.25) is 0 Å². The van der Waals surface area contributed by atoms with E-state index in [4.69, 9.17) is 9.97 Å². The van der Waals surface area contributed by atoms with Gasteiger partial charge in [-0.1, -0.05) is 70.5 Å². The van der Waals surface area contributed by atoms with Crippen LogP contribution in [0.4, 0.5) is 0 Å². The zero-order valence-electron chi connectivity index (χ0n) is 15.5. The zero-order chi connectivity index (χ0) is 19.4. The molecule has 0 aliphatic carbocycles. The van der Waals surface area contributed by atoms with Gasteiger partial charge in [-0.2, -0.15) is 0 Å². The van der Waals surface area contributed by atoms with Gasteiger partial charge in [0, 0.05) is 9.86 Å². The average molecular weight is 438 g/mol. The molecule has 0 radical (unpaired) electrons. The highest BCUT2D eigenvalue weighted by molar-refractivity contribution is 9.10. The molecule has 3 nitrogen and oxygen atoms in total. The van der Waals surface area contributed by atoms with Gasteiger partial charge in [0.05, 0.1) is 23.1 Å². The van der Waals surface area contributed by atoms with Crippen molar-refractivity contribution in [2.75, 3.05) is 0 Å². The predicted octanol–water partition coefficient (Wildman–Crippen LogP) is 6.70. The molecule has 2 heterocycles. The second-order valence-corrected chi connectivity index (χ2v) is 8.19. The lowest BCUT2D eigenvalue weighted by atomic mass is 10.0. The third kappa shape index (κ3) is 2.64. The fourth-order valence-corrected chi connectivity index (χ4v) is 4.53. The van der Waals surface area contributed by atoms with Crippen LogP contribution >= 0.6 is 15.9 Å². The van der Waals surface area contributed by atoms with Crippen LogP contribution in [0.15, 0.2) is 89.4 Å². The fourth-order valence-electron chi connectivity index (χ4n) is 4.17. The Morgan fingerprint density at radius 2 is 1.48 bits per heavy atom. The fraction of sp³-hybridized carbons (Fsp3) is 0.0400. The van der Waals surface area contributed by atoms with Gasteiger partial charge in [-0.05, 0) is 46.7 Å². The van der Waals surface area contributed by atoms with Crippen LogP contribution in [0.5, 0.6) is 0 Å². The van der Waals surface area contributed by atoms with Gasteiger partial charge >= 0.3 is 0 Å². The molecule has 6 aromatic rings. The van der Waals surface area contributed by atoms with E-state index in [1.807, 2.05) is 24.3 Å². The minimum atomic E-state index is 0.746. The summed E-state index contributed by atoms with van der Waals surface area (Å²) in [5.41, 5.74) is 6.13. The van der Waals surface area contributed by atoms with Crippen molar-refractivity contribution in [2.24, 2.45) is 0 Å². The number of aromatic nitrogens is 3. The lowest BCUT2D eigenvalue weighted by Gasteiger charge is -2.10. The summed E-state index contributed by atoms with van der Waals surface area (Å²) in [7, 11) is 0. The standard InChI is InChI=1S/C25H16BrN3/c26-18-12-13-23-20(14-18)24-25(28-22-11-4-3-10-21(22)27-24)29(23)15-17-8-5-7-16-6-1-2-9-19(16)17/h1-14H,15H2. The normalized spacial score (nSPS) is 11.8. The quantitative estimate of drug-likeness (QED) is 0.301. The van der Waals surface area contributed by atoms with E-state index in [1.54, 1.807) is 0 Å². The molecular formula is C25H16BrN3. The van der Waals surface area contributed by atoms with Crippen molar-refractivity contribution in [3.05, 3.63) is 95.0 Å². The van der Waals surface area contributed by atoms with Crippen LogP contribution in [0.1, 0.15) is 5.56 Å². The molecule has 2 aromatic heterocycles. The van der Waals surface area contributed by atoms with E-state index in [0.29, 0.717) is 0 Å². The van der Waals surface area contributed by atoms with Crippen molar-refractivity contribution in [3.63, 3.8) is 0 Å². The minimum absolute atomic E-state index is 0.746. The van der Waals surface area contributed by atoms with E-state index < -0.39 is 0 Å². The van der Waals surface area contributed by atoms with E-state index in [0.717, 1.165) is 44.1 Å². The first-order valence-electron chi connectivity index (χ1n) is 9.59. The molecule has 4 aromatic carbocycles. The van der Waals surface area contributed by atoms with Gasteiger partial charge in [0.1, 0.15) is 5.52 Å². The highest BCUT2D eigenvalue weighted by Crippen LogP contribution is 2.32. The molecule has 0 aliphatic rings. The molecule has 0 bridgehead atoms. The molecule has 0 saturated carbocycles. The van der Waals surface area contributed by atoms with Gasteiger partial charge in [0.25, 0.3) is 0 Å². The average Bonchev–Trinajstić information content (AvgIpc) is 3.04. The first kappa shape index (κ1) is 16.7. The first-order valence-corrected chi connectivity index (χ1v) is 10.4. The molecule has 0 spiro atoms. The molecule has 6 rings (SSSR count). The molecule has 0 N–H and O–H groups in total. The van der Waals surface area contributed by atoms with Gasteiger partial charge in [-0.3, -0.25) is 0 Å². The second kappa shape index (κ2) is 6.39. The van der Waals surface area contributed by atoms with Crippen LogP contribution in [-0.4, -0.2) is 14.5 Å². The van der Waals surface area contributed by atoms with Crippen molar-refractivity contribution >= 4 is 59.8 Å². The van der Waals surface area contributed by atoms with Crippen LogP contribution in [0, 0.1) is 0 Å². The molecule has 0 saturated heterocycles. The minimum Gasteiger partial charge on any atom is -0.319 e. The maximum atomic E-state index is 5.01. The largest absolute Gasteiger partial charge is 0.319 e. The van der Waals surface area contributed by atoms with Crippen molar-refractivity contribution in [1.29, 1.82) is 0 Å². The monoisotopic (exact) mass is 437 g/mol. The van der Waals surface area contributed by atoms with E-state index in [-0.39, 0.29) is 0 Å². The molecule has 0 atom stereocenters. The summed E-state index contributed by atoms with van der Waals surface area (Å²) >= 11 is 3.62. The predicted molar refractivity (Wildman–Crippen MR) is 123 cm³/mol. The topological polar surface area (TPSA) is 30.7 Å². The Balaban J connectivity index is 1.68. The maximum absolute atomic E-state index is 5.01. The van der Waals surface area contributed by atoms with Crippen LogP contribution in [-0.2, 0) is 6.54 Å². The summed E-state index contributed by atoms with van der Waals surface area (Å²) in [5.74, 6) is 0. The zero-order valence-corrected chi connectivity index (χ0v) is 17.1. The van der Waals surface area contributed by atoms with Crippen molar-refractivity contribution in [2.45, 2.75) is 6.54 Å². The molecule has 0 fully saturated rings. The maximum Gasteiger partial charge on any atom is 0.160 e. The molecule has 29 heavy (non-hydrogen) atoms. The SMILES string of the molecule is Brc1ccc2c(c1)c1nc3ccccc3nc1n2Cc1cccc2ccccc12. The Hall–Kier alpha value is -3.24. The van der Waals surface area contributed by atoms with Crippen LogP contribution in [0.3, 0.4) is 0 Å². The second-order valence-electron chi connectivity index (χ2n) is 7.27. The number of hydrogen-bond acceptors (Lipinski definition) is 2. The summed E-state index contributed by atoms with van der Waals surface area (Å²) in [6.45, 7) is 0.746. The third-order valence-corrected chi connectivity index (χ3v) is 6.01. The van der Waals surface area contributed by atoms with Gasteiger partial charge in [-0.25, -0.2) is 9.97 Å². The highest BCUT2D eigenvalue weighted by Gasteiger charge is 2.16. The van der Waals surface area contributed by atoms with Crippen molar-refractivity contribution in [1.82, 2.24) is 14.5 Å². The molecule has 0 aliphatic heterocycles. The van der Waals surface area contributed by atoms with E-state index >= 15 is 0 Å². The Morgan fingerprint density at radius 1 is 0.724 bits per heavy atom. The Bertz CT molecular complexity index is 1540. The van der Waals surface area contributed by atoms with Crippen LogP contribution < -0.4 is 0 Å². The summed E-state index contributed by atoms with van der Waals surface area (Å²) in [6, 6.07) is 29.5. The molecule has 4 heteroatoms. The Morgan fingerprint density at radius 3 is 2.38 bits per heavy atom. The number of benzene rings is 4. The van der Waals surface area contributed by atoms with Crippen molar-refractivity contribution in [3.8, 4) is 0 Å². The number of halogens is 1. The summed E-state index contributed by atoms with van der Waals surface area (Å²) < 4.78 is 3.34. The number of rotatable bonds is 2. The van der Waals surface area contributed by atoms with Gasteiger partial charge in [0.2, 0.25) is 0 Å². The number of fused-ring (bicyclic) bond motifs is 5. The van der Waals surface area contributed by atoms with E-state index in [1.165, 1.54) is 16.3 Å². The lowest BCUT2D eigenvalue weighted by Crippen LogP contribution is -2.02. The molecule has 0 unspecified atom stereocenters. The van der Waals surface area contributed by atoms with Crippen molar-refractivity contribution < 1.29 is 0 Å². The Kier molecular flexibility index (Phi) is 3.68. The van der Waals surface area contributed by atoms with E-state index in [9.17, 15) is 0 Å². The third-order valence-electron chi connectivity index (χ3n) is 5.52. The molecule has 0 amide bonds. The summed E-state index contributed by atoms with van der Waals surface area (Å²) in [4.78, 5) is 9.97. The molecule has 138 valence electrons. The number of nitrogens with zero attached hydrogens (tertiary/aromatic N) is 3. The summed E-state index contributed by atoms with van der Waals surface area (Å²) in [6.07, 6.45) is 0. The van der Waals surface area contributed by atoms with Gasteiger partial charge < -0.3 is 4.57 Å². The number of para-hydroxylation sites is 2. The first-order chi connectivity index (χ1) is 14.3. The number of hydrogen-bond donors (Lipinski definition) is 0. The Labute approximate surface area is 175 Å². The molecular weight excluding hydrogens is 422 g/mol. The van der Waals surface area contributed by atoms with Gasteiger partial charge in [0.15, 0.2) is 5.65 Å². The summed E-state index contributed by atoms with van der Waals surface area (Å²) in [5, 5.41) is 3.65. The lowest BCUT2D eigenvalue weighted by molar-refractivity contribution is 0.864. The smallest absolute Gasteiger partial charge is 0.160 e. The van der Waals surface area contributed by atoms with Gasteiger partial charge in [-0.15, -0.1) is 0 Å². The highest BCUT2D eigenvalue weighted by atomic mass is 79.9. The van der Waals surface area contributed by atoms with E-state index in [2.05, 4.69) is 81.2 Å². The van der Waals surface area contributed by atoms with Crippen LogP contribution in [0.25, 0.3) is 43.9 Å².